The first-order valence-electron chi connectivity index (χ1n) is 10.1. The van der Waals surface area contributed by atoms with Crippen LogP contribution >= 0.6 is 11.6 Å². The number of amides is 1. The Hall–Kier alpha value is -1.41. The van der Waals surface area contributed by atoms with Crippen molar-refractivity contribution < 1.29 is 9.53 Å². The van der Waals surface area contributed by atoms with E-state index in [1.165, 1.54) is 19.3 Å². The molecule has 1 aliphatic carbocycles. The van der Waals surface area contributed by atoms with Crippen molar-refractivity contribution in [2.45, 2.75) is 70.6 Å². The van der Waals surface area contributed by atoms with Gasteiger partial charge in [-0.15, -0.1) is 0 Å². The van der Waals surface area contributed by atoms with Gasteiger partial charge in [-0.05, 0) is 25.0 Å². The third-order valence-electron chi connectivity index (χ3n) is 5.19. The number of aromatic nitrogens is 2. The summed E-state index contributed by atoms with van der Waals surface area (Å²) in [7, 11) is -1.10. The SMILES string of the molecule is C[Si](C)(C)CCOCn1ccc2c(Cl)c(C(=O)NNC3CCCCC3)cnc21. The molecule has 6 nitrogen and oxygen atoms in total. The van der Waals surface area contributed by atoms with Crippen molar-refractivity contribution in [3.63, 3.8) is 0 Å². The molecule has 0 saturated heterocycles. The van der Waals surface area contributed by atoms with E-state index in [1.807, 2.05) is 16.8 Å². The molecular weight excluding hydrogens is 392 g/mol. The minimum atomic E-state index is -1.10. The largest absolute Gasteiger partial charge is 0.361 e. The molecule has 28 heavy (non-hydrogen) atoms. The van der Waals surface area contributed by atoms with Crippen LogP contribution in [0.3, 0.4) is 0 Å². The molecule has 0 unspecified atom stereocenters. The lowest BCUT2D eigenvalue weighted by Gasteiger charge is -2.23. The first kappa shape index (κ1) is 21.3. The zero-order valence-corrected chi connectivity index (χ0v) is 18.8. The van der Waals surface area contributed by atoms with Crippen LogP contribution in [0, 0.1) is 0 Å². The molecule has 0 aliphatic heterocycles. The van der Waals surface area contributed by atoms with Crippen LogP contribution in [0.1, 0.15) is 42.5 Å². The average molecular weight is 423 g/mol. The van der Waals surface area contributed by atoms with Gasteiger partial charge in [-0.3, -0.25) is 10.2 Å². The van der Waals surface area contributed by atoms with Crippen LogP contribution in [-0.4, -0.2) is 36.2 Å². The van der Waals surface area contributed by atoms with Crippen LogP contribution in [-0.2, 0) is 11.5 Å². The number of nitrogens with zero attached hydrogens (tertiary/aromatic N) is 2. The zero-order valence-electron chi connectivity index (χ0n) is 17.1. The summed E-state index contributed by atoms with van der Waals surface area (Å²) >= 11 is 6.52. The van der Waals surface area contributed by atoms with Crippen LogP contribution in [0.25, 0.3) is 11.0 Å². The number of hydrogen-bond acceptors (Lipinski definition) is 4. The molecule has 8 heteroatoms. The van der Waals surface area contributed by atoms with E-state index in [2.05, 4.69) is 35.5 Å². The second kappa shape index (κ2) is 9.39. The topological polar surface area (TPSA) is 68.2 Å². The average Bonchev–Trinajstić information content (AvgIpc) is 3.08. The van der Waals surface area contributed by atoms with Crippen LogP contribution < -0.4 is 10.9 Å². The minimum absolute atomic E-state index is 0.246. The van der Waals surface area contributed by atoms with Gasteiger partial charge in [0.15, 0.2) is 0 Å². The maximum absolute atomic E-state index is 12.5. The molecule has 2 heterocycles. The Balaban J connectivity index is 1.62. The summed E-state index contributed by atoms with van der Waals surface area (Å²) < 4.78 is 7.73. The van der Waals surface area contributed by atoms with Crippen molar-refractivity contribution in [3.8, 4) is 0 Å². The van der Waals surface area contributed by atoms with Gasteiger partial charge in [0.25, 0.3) is 5.91 Å². The Morgan fingerprint density at radius 3 is 2.79 bits per heavy atom. The molecule has 0 aromatic carbocycles. The Bertz CT molecular complexity index is 812. The molecule has 0 bridgehead atoms. The van der Waals surface area contributed by atoms with E-state index >= 15 is 0 Å². The lowest BCUT2D eigenvalue weighted by atomic mass is 9.96. The highest BCUT2D eigenvalue weighted by Gasteiger charge is 2.19. The number of nitrogens with one attached hydrogen (secondary N) is 2. The smallest absolute Gasteiger partial charge is 0.268 e. The number of halogens is 1. The van der Waals surface area contributed by atoms with E-state index in [4.69, 9.17) is 16.3 Å². The molecule has 1 aliphatic rings. The fourth-order valence-electron chi connectivity index (χ4n) is 3.39. The summed E-state index contributed by atoms with van der Waals surface area (Å²) in [6, 6.07) is 3.35. The highest BCUT2D eigenvalue weighted by atomic mass is 35.5. The number of hydrogen-bond donors (Lipinski definition) is 2. The Kier molecular flexibility index (Phi) is 7.14. The van der Waals surface area contributed by atoms with E-state index in [9.17, 15) is 4.79 Å². The molecule has 2 aromatic heterocycles. The predicted octanol–water partition coefficient (Wildman–Crippen LogP) is 4.57. The van der Waals surface area contributed by atoms with Gasteiger partial charge >= 0.3 is 0 Å². The number of fused-ring (bicyclic) bond motifs is 1. The van der Waals surface area contributed by atoms with Crippen molar-refractivity contribution >= 4 is 36.6 Å². The third-order valence-corrected chi connectivity index (χ3v) is 7.30. The molecule has 2 N–H and O–H groups in total. The normalized spacial score (nSPS) is 15.9. The van der Waals surface area contributed by atoms with E-state index in [-0.39, 0.29) is 5.91 Å². The van der Waals surface area contributed by atoms with Gasteiger partial charge in [-0.1, -0.05) is 50.5 Å². The molecular formula is C20H31ClN4O2Si. The summed E-state index contributed by atoms with van der Waals surface area (Å²) in [5.41, 5.74) is 7.05. The van der Waals surface area contributed by atoms with Gasteiger partial charge in [0.05, 0.1) is 10.6 Å². The molecule has 1 fully saturated rings. The summed E-state index contributed by atoms with van der Waals surface area (Å²) in [4.78, 5) is 17.0. The van der Waals surface area contributed by atoms with Crippen LogP contribution in [0.4, 0.5) is 0 Å². The van der Waals surface area contributed by atoms with Crippen LogP contribution in [0.15, 0.2) is 18.5 Å². The summed E-state index contributed by atoms with van der Waals surface area (Å²) in [5, 5.41) is 1.19. The number of pyridine rings is 1. The number of ether oxygens (including phenoxy) is 1. The molecule has 3 rings (SSSR count). The quantitative estimate of drug-likeness (QED) is 0.371. The van der Waals surface area contributed by atoms with Crippen molar-refractivity contribution in [3.05, 3.63) is 29.0 Å². The lowest BCUT2D eigenvalue weighted by Crippen LogP contribution is -2.45. The molecule has 0 radical (unpaired) electrons. The molecule has 1 amide bonds. The van der Waals surface area contributed by atoms with E-state index in [1.54, 1.807) is 6.20 Å². The van der Waals surface area contributed by atoms with E-state index < -0.39 is 8.07 Å². The molecule has 0 atom stereocenters. The van der Waals surface area contributed by atoms with Gasteiger partial charge in [0.2, 0.25) is 0 Å². The third kappa shape index (κ3) is 5.56. The van der Waals surface area contributed by atoms with Gasteiger partial charge < -0.3 is 9.30 Å². The summed E-state index contributed by atoms with van der Waals surface area (Å²) in [5.74, 6) is -0.246. The number of carbonyl (C=O) groups excluding carboxylic acids is 1. The second-order valence-corrected chi connectivity index (χ2v) is 14.8. The minimum Gasteiger partial charge on any atom is -0.361 e. The highest BCUT2D eigenvalue weighted by Crippen LogP contribution is 2.27. The first-order chi connectivity index (χ1) is 13.3. The van der Waals surface area contributed by atoms with Gasteiger partial charge in [-0.25, -0.2) is 10.4 Å². The van der Waals surface area contributed by atoms with Crippen molar-refractivity contribution in [2.24, 2.45) is 0 Å². The Morgan fingerprint density at radius 2 is 2.07 bits per heavy atom. The van der Waals surface area contributed by atoms with Crippen molar-refractivity contribution in [1.82, 2.24) is 20.4 Å². The maximum Gasteiger partial charge on any atom is 0.268 e. The van der Waals surface area contributed by atoms with Gasteiger partial charge in [0, 0.05) is 38.5 Å². The molecule has 0 spiro atoms. The van der Waals surface area contributed by atoms with Crippen LogP contribution in [0.2, 0.25) is 30.7 Å². The number of hydrazine groups is 1. The Morgan fingerprint density at radius 1 is 1.32 bits per heavy atom. The second-order valence-electron chi connectivity index (χ2n) is 8.79. The standard InChI is InChI=1S/C20H31ClN4O2Si/c1-28(2,3)12-11-27-14-25-10-9-16-18(21)17(13-22-19(16)25)20(26)24-23-15-7-5-4-6-8-15/h9-10,13,15,23H,4-8,11-12,14H2,1-3H3,(H,24,26). The number of carbonyl (C=O) groups is 1. The van der Waals surface area contributed by atoms with Gasteiger partial charge in [-0.2, -0.15) is 0 Å². The van der Waals surface area contributed by atoms with Crippen molar-refractivity contribution in [2.75, 3.05) is 6.61 Å². The molecule has 2 aromatic rings. The predicted molar refractivity (Wildman–Crippen MR) is 116 cm³/mol. The fraction of sp³-hybridized carbons (Fsp3) is 0.600. The zero-order chi connectivity index (χ0) is 20.1. The lowest BCUT2D eigenvalue weighted by molar-refractivity contribution is 0.0899. The molecule has 154 valence electrons. The highest BCUT2D eigenvalue weighted by molar-refractivity contribution is 6.76. The summed E-state index contributed by atoms with van der Waals surface area (Å²) in [6.07, 6.45) is 9.31. The van der Waals surface area contributed by atoms with E-state index in [0.717, 1.165) is 36.5 Å². The van der Waals surface area contributed by atoms with Crippen molar-refractivity contribution in [1.29, 1.82) is 0 Å². The van der Waals surface area contributed by atoms with Crippen LogP contribution in [0.5, 0.6) is 0 Å². The first-order valence-corrected chi connectivity index (χ1v) is 14.2. The number of rotatable bonds is 8. The monoisotopic (exact) mass is 422 g/mol. The Labute approximate surface area is 173 Å². The van der Waals surface area contributed by atoms with E-state index in [0.29, 0.717) is 23.4 Å². The van der Waals surface area contributed by atoms with Gasteiger partial charge in [0.1, 0.15) is 12.4 Å². The maximum atomic E-state index is 12.5. The molecule has 1 saturated carbocycles. The summed E-state index contributed by atoms with van der Waals surface area (Å²) in [6.45, 7) is 8.18. The fourth-order valence-corrected chi connectivity index (χ4v) is 4.43.